The van der Waals surface area contributed by atoms with Gasteiger partial charge in [-0.15, -0.1) is 0 Å². The van der Waals surface area contributed by atoms with E-state index in [-0.39, 0.29) is 5.82 Å². The Hall–Kier alpha value is -1.42. The molecule has 1 unspecified atom stereocenters. The first-order valence-electron chi connectivity index (χ1n) is 6.67. The van der Waals surface area contributed by atoms with E-state index in [1.807, 2.05) is 4.90 Å². The van der Waals surface area contributed by atoms with Crippen molar-refractivity contribution in [2.45, 2.75) is 25.8 Å². The molecule has 0 aromatic heterocycles. The Bertz CT molecular complexity index is 446. The highest BCUT2D eigenvalue weighted by molar-refractivity contribution is 5.76. The van der Waals surface area contributed by atoms with Crippen LogP contribution in [0.2, 0.25) is 0 Å². The number of hydrogen-bond acceptors (Lipinski definition) is 3. The lowest BCUT2D eigenvalue weighted by Crippen LogP contribution is -2.37. The quantitative estimate of drug-likeness (QED) is 0.710. The highest BCUT2D eigenvalue weighted by atomic mass is 19.1. The molecule has 2 rings (SSSR count). The molecule has 1 aliphatic carbocycles. The van der Waals surface area contributed by atoms with E-state index in [0.29, 0.717) is 42.6 Å². The smallest absolute Gasteiger partial charge is 0.150 e. The number of benzene rings is 1. The Labute approximate surface area is 113 Å². The van der Waals surface area contributed by atoms with Crippen LogP contribution in [0.5, 0.6) is 0 Å². The van der Waals surface area contributed by atoms with Gasteiger partial charge in [-0.25, -0.2) is 4.39 Å². The number of methoxy groups -OCH3 is 1. The van der Waals surface area contributed by atoms with Crippen molar-refractivity contribution in [3.8, 4) is 0 Å². The summed E-state index contributed by atoms with van der Waals surface area (Å²) in [7, 11) is 1.64. The van der Waals surface area contributed by atoms with Gasteiger partial charge in [0.05, 0.1) is 12.3 Å². The number of carbonyl (C=O) groups excluding carboxylic acids is 1. The van der Waals surface area contributed by atoms with Crippen molar-refractivity contribution >= 4 is 12.0 Å². The van der Waals surface area contributed by atoms with Crippen LogP contribution in [0.3, 0.4) is 0 Å². The maximum absolute atomic E-state index is 14.1. The van der Waals surface area contributed by atoms with Gasteiger partial charge < -0.3 is 9.64 Å². The number of anilines is 1. The average Bonchev–Trinajstić information content (AvgIpc) is 3.24. The van der Waals surface area contributed by atoms with Crippen molar-refractivity contribution in [1.82, 2.24) is 0 Å². The van der Waals surface area contributed by atoms with Crippen molar-refractivity contribution < 1.29 is 13.9 Å². The fraction of sp³-hybridized carbons (Fsp3) is 0.533. The molecule has 4 heteroatoms. The minimum absolute atomic E-state index is 0.298. The van der Waals surface area contributed by atoms with Crippen LogP contribution in [0.4, 0.5) is 10.1 Å². The molecule has 1 atom stereocenters. The first-order valence-corrected chi connectivity index (χ1v) is 6.67. The standard InChI is InChI=1S/C15H20FNO2/c1-11(13-4-5-13)17(7-8-19-2)15-6-3-12(10-18)9-14(15)16/h3,6,9-11,13H,4-5,7-8H2,1-2H3. The molecule has 1 fully saturated rings. The normalized spacial score (nSPS) is 16.2. The molecule has 19 heavy (non-hydrogen) atoms. The zero-order chi connectivity index (χ0) is 13.8. The summed E-state index contributed by atoms with van der Waals surface area (Å²) in [5, 5.41) is 0. The first kappa shape index (κ1) is 14.0. The number of nitrogens with zero attached hydrogens (tertiary/aromatic N) is 1. The Morgan fingerprint density at radius 2 is 2.26 bits per heavy atom. The van der Waals surface area contributed by atoms with E-state index in [2.05, 4.69) is 6.92 Å². The Morgan fingerprint density at radius 1 is 1.53 bits per heavy atom. The van der Waals surface area contributed by atoms with Gasteiger partial charge in [0.15, 0.2) is 0 Å². The number of rotatable bonds is 7. The van der Waals surface area contributed by atoms with Crippen molar-refractivity contribution in [1.29, 1.82) is 0 Å². The number of ether oxygens (including phenoxy) is 1. The van der Waals surface area contributed by atoms with Gasteiger partial charge in [0.1, 0.15) is 12.1 Å². The zero-order valence-electron chi connectivity index (χ0n) is 11.4. The van der Waals surface area contributed by atoms with Gasteiger partial charge in [0.2, 0.25) is 0 Å². The molecule has 0 aliphatic heterocycles. The summed E-state index contributed by atoms with van der Waals surface area (Å²) in [5.74, 6) is 0.301. The third-order valence-electron chi connectivity index (χ3n) is 3.75. The maximum atomic E-state index is 14.1. The van der Waals surface area contributed by atoms with E-state index in [1.54, 1.807) is 19.2 Å². The molecule has 1 aromatic rings. The third kappa shape index (κ3) is 3.32. The van der Waals surface area contributed by atoms with Crippen molar-refractivity contribution in [3.63, 3.8) is 0 Å². The van der Waals surface area contributed by atoms with Crippen LogP contribution >= 0.6 is 0 Å². The van der Waals surface area contributed by atoms with Crippen LogP contribution in [0, 0.1) is 11.7 Å². The van der Waals surface area contributed by atoms with Gasteiger partial charge in [-0.05, 0) is 43.9 Å². The van der Waals surface area contributed by atoms with Crippen molar-refractivity contribution in [2.75, 3.05) is 25.2 Å². The molecule has 1 saturated carbocycles. The van der Waals surface area contributed by atoms with Gasteiger partial charge in [-0.2, -0.15) is 0 Å². The predicted octanol–water partition coefficient (Wildman–Crippen LogP) is 2.89. The van der Waals surface area contributed by atoms with Crippen LogP contribution < -0.4 is 4.90 Å². The molecule has 104 valence electrons. The zero-order valence-corrected chi connectivity index (χ0v) is 11.4. The molecule has 1 aliphatic rings. The van der Waals surface area contributed by atoms with Crippen LogP contribution in [0.15, 0.2) is 18.2 Å². The monoisotopic (exact) mass is 265 g/mol. The molecular weight excluding hydrogens is 245 g/mol. The second-order valence-electron chi connectivity index (χ2n) is 5.09. The summed E-state index contributed by atoms with van der Waals surface area (Å²) >= 11 is 0. The van der Waals surface area contributed by atoms with Gasteiger partial charge in [-0.3, -0.25) is 4.79 Å². The van der Waals surface area contributed by atoms with E-state index in [9.17, 15) is 9.18 Å². The Balaban J connectivity index is 2.22. The summed E-state index contributed by atoms with van der Waals surface area (Å²) < 4.78 is 19.2. The molecule has 0 spiro atoms. The Kier molecular flexibility index (Phi) is 4.53. The highest BCUT2D eigenvalue weighted by Gasteiger charge is 2.32. The topological polar surface area (TPSA) is 29.5 Å². The van der Waals surface area contributed by atoms with Gasteiger partial charge >= 0.3 is 0 Å². The second-order valence-corrected chi connectivity index (χ2v) is 5.09. The van der Waals surface area contributed by atoms with Crippen molar-refractivity contribution in [2.24, 2.45) is 5.92 Å². The maximum Gasteiger partial charge on any atom is 0.150 e. The number of aldehydes is 1. The molecule has 0 N–H and O–H groups in total. The molecule has 3 nitrogen and oxygen atoms in total. The van der Waals surface area contributed by atoms with E-state index in [1.165, 1.54) is 18.9 Å². The van der Waals surface area contributed by atoms with Crippen LogP contribution in [-0.4, -0.2) is 32.6 Å². The van der Waals surface area contributed by atoms with Gasteiger partial charge in [-0.1, -0.05) is 0 Å². The lowest BCUT2D eigenvalue weighted by molar-refractivity contribution is 0.112. The molecular formula is C15H20FNO2. The summed E-state index contributed by atoms with van der Waals surface area (Å²) in [6, 6.07) is 4.94. The molecule has 1 aromatic carbocycles. The van der Waals surface area contributed by atoms with E-state index >= 15 is 0 Å². The fourth-order valence-corrected chi connectivity index (χ4v) is 2.40. The highest BCUT2D eigenvalue weighted by Crippen LogP contribution is 2.37. The molecule has 0 bridgehead atoms. The number of hydrogen-bond donors (Lipinski definition) is 0. The lowest BCUT2D eigenvalue weighted by atomic mass is 10.1. The van der Waals surface area contributed by atoms with E-state index in [4.69, 9.17) is 4.74 Å². The summed E-state index contributed by atoms with van der Waals surface area (Å²) in [6.45, 7) is 3.35. The molecule has 0 heterocycles. The summed E-state index contributed by atoms with van der Waals surface area (Å²) in [6.07, 6.45) is 3.08. The van der Waals surface area contributed by atoms with Crippen LogP contribution in [-0.2, 0) is 4.74 Å². The molecule has 0 radical (unpaired) electrons. The van der Waals surface area contributed by atoms with Crippen LogP contribution in [0.1, 0.15) is 30.1 Å². The Morgan fingerprint density at radius 3 is 2.79 bits per heavy atom. The summed E-state index contributed by atoms with van der Waals surface area (Å²) in [4.78, 5) is 12.7. The lowest BCUT2D eigenvalue weighted by Gasteiger charge is -2.31. The average molecular weight is 265 g/mol. The van der Waals surface area contributed by atoms with Crippen LogP contribution in [0.25, 0.3) is 0 Å². The first-order chi connectivity index (χ1) is 9.17. The minimum Gasteiger partial charge on any atom is -0.383 e. The number of halogens is 1. The third-order valence-corrected chi connectivity index (χ3v) is 3.75. The molecule has 0 amide bonds. The van der Waals surface area contributed by atoms with Crippen molar-refractivity contribution in [3.05, 3.63) is 29.6 Å². The molecule has 0 saturated heterocycles. The second kappa shape index (κ2) is 6.15. The van der Waals surface area contributed by atoms with Gasteiger partial charge in [0.25, 0.3) is 0 Å². The van der Waals surface area contributed by atoms with Gasteiger partial charge in [0, 0.05) is 25.3 Å². The minimum atomic E-state index is -0.340. The number of carbonyl (C=O) groups is 1. The van der Waals surface area contributed by atoms with E-state index in [0.717, 1.165) is 0 Å². The fourth-order valence-electron chi connectivity index (χ4n) is 2.40. The predicted molar refractivity (Wildman–Crippen MR) is 73.2 cm³/mol. The largest absolute Gasteiger partial charge is 0.383 e. The SMILES string of the molecule is COCCN(c1ccc(C=O)cc1F)C(C)C1CC1. The van der Waals surface area contributed by atoms with E-state index < -0.39 is 0 Å². The summed E-state index contributed by atoms with van der Waals surface area (Å²) in [5.41, 5.74) is 0.925.